The first kappa shape index (κ1) is 11.9. The van der Waals surface area contributed by atoms with Crippen molar-refractivity contribution in [3.05, 3.63) is 18.1 Å². The number of aromatic nitrogens is 2. The van der Waals surface area contributed by atoms with Gasteiger partial charge in [-0.1, -0.05) is 20.3 Å². The Bertz CT molecular complexity index is 304. The van der Waals surface area contributed by atoms with Gasteiger partial charge in [-0.05, 0) is 12.3 Å². The van der Waals surface area contributed by atoms with E-state index >= 15 is 0 Å². The predicted molar refractivity (Wildman–Crippen MR) is 57.6 cm³/mol. The quantitative estimate of drug-likeness (QED) is 0.807. The third-order valence-electron chi connectivity index (χ3n) is 2.46. The van der Waals surface area contributed by atoms with Gasteiger partial charge >= 0.3 is 0 Å². The van der Waals surface area contributed by atoms with Gasteiger partial charge in [-0.25, -0.2) is 9.97 Å². The Hall–Kier alpha value is -1.16. The lowest BCUT2D eigenvalue weighted by atomic mass is 9.97. The SMILES string of the molecule is CCCC(C)C(O)c1cc(OC)ncn1. The highest BCUT2D eigenvalue weighted by Crippen LogP contribution is 2.24. The van der Waals surface area contributed by atoms with Crippen LogP contribution in [0.25, 0.3) is 0 Å². The summed E-state index contributed by atoms with van der Waals surface area (Å²) in [4.78, 5) is 7.95. The van der Waals surface area contributed by atoms with E-state index in [9.17, 15) is 5.11 Å². The van der Waals surface area contributed by atoms with E-state index in [0.29, 0.717) is 11.6 Å². The normalized spacial score (nSPS) is 14.7. The van der Waals surface area contributed by atoms with Crippen molar-refractivity contribution in [3.8, 4) is 5.88 Å². The van der Waals surface area contributed by atoms with Gasteiger partial charge in [-0.3, -0.25) is 0 Å². The molecule has 0 spiro atoms. The molecule has 4 heteroatoms. The van der Waals surface area contributed by atoms with Gasteiger partial charge in [0.05, 0.1) is 18.9 Å². The first-order valence-electron chi connectivity index (χ1n) is 5.23. The van der Waals surface area contributed by atoms with Gasteiger partial charge in [0.15, 0.2) is 0 Å². The van der Waals surface area contributed by atoms with Crippen LogP contribution in [0.4, 0.5) is 0 Å². The van der Waals surface area contributed by atoms with E-state index in [1.165, 1.54) is 6.33 Å². The number of ether oxygens (including phenoxy) is 1. The highest BCUT2D eigenvalue weighted by Gasteiger charge is 2.17. The van der Waals surface area contributed by atoms with Gasteiger partial charge in [0.1, 0.15) is 6.33 Å². The molecule has 0 saturated carbocycles. The number of hydrogen-bond acceptors (Lipinski definition) is 4. The van der Waals surface area contributed by atoms with Crippen LogP contribution < -0.4 is 4.74 Å². The van der Waals surface area contributed by atoms with Crippen molar-refractivity contribution in [3.63, 3.8) is 0 Å². The van der Waals surface area contributed by atoms with E-state index < -0.39 is 6.10 Å². The number of aliphatic hydroxyl groups excluding tert-OH is 1. The van der Waals surface area contributed by atoms with Crippen molar-refractivity contribution in [2.45, 2.75) is 32.8 Å². The van der Waals surface area contributed by atoms with Gasteiger partial charge in [-0.2, -0.15) is 0 Å². The molecule has 15 heavy (non-hydrogen) atoms. The molecule has 0 bridgehead atoms. The zero-order valence-corrected chi connectivity index (χ0v) is 9.47. The summed E-state index contributed by atoms with van der Waals surface area (Å²) in [6.07, 6.45) is 2.91. The maximum absolute atomic E-state index is 9.99. The first-order chi connectivity index (χ1) is 7.19. The van der Waals surface area contributed by atoms with Crippen LogP contribution in [0.2, 0.25) is 0 Å². The van der Waals surface area contributed by atoms with E-state index in [1.807, 2.05) is 6.92 Å². The molecule has 4 nitrogen and oxygen atoms in total. The van der Waals surface area contributed by atoms with Gasteiger partial charge in [0, 0.05) is 6.07 Å². The van der Waals surface area contributed by atoms with Crippen LogP contribution in [-0.4, -0.2) is 22.2 Å². The van der Waals surface area contributed by atoms with Crippen molar-refractivity contribution in [1.29, 1.82) is 0 Å². The van der Waals surface area contributed by atoms with Gasteiger partial charge in [0.25, 0.3) is 0 Å². The molecule has 0 aliphatic heterocycles. The Labute approximate surface area is 90.3 Å². The molecule has 0 aromatic carbocycles. The molecule has 2 atom stereocenters. The fourth-order valence-electron chi connectivity index (χ4n) is 1.53. The third kappa shape index (κ3) is 3.16. The molecule has 84 valence electrons. The minimum atomic E-state index is -0.540. The highest BCUT2D eigenvalue weighted by molar-refractivity contribution is 5.15. The fourth-order valence-corrected chi connectivity index (χ4v) is 1.53. The molecule has 2 unspecified atom stereocenters. The summed E-state index contributed by atoms with van der Waals surface area (Å²) in [5.41, 5.74) is 0.628. The van der Waals surface area contributed by atoms with Crippen molar-refractivity contribution in [2.75, 3.05) is 7.11 Å². The van der Waals surface area contributed by atoms with Crippen LogP contribution in [0.5, 0.6) is 5.88 Å². The lowest BCUT2D eigenvalue weighted by Gasteiger charge is -2.17. The summed E-state index contributed by atoms with van der Waals surface area (Å²) >= 11 is 0. The molecular formula is C11H18N2O2. The molecule has 0 amide bonds. The molecule has 1 N–H and O–H groups in total. The molecule has 0 fully saturated rings. The van der Waals surface area contributed by atoms with Crippen molar-refractivity contribution in [1.82, 2.24) is 9.97 Å². The zero-order valence-electron chi connectivity index (χ0n) is 9.47. The van der Waals surface area contributed by atoms with Crippen LogP contribution in [-0.2, 0) is 0 Å². The highest BCUT2D eigenvalue weighted by atomic mass is 16.5. The summed E-state index contributed by atoms with van der Waals surface area (Å²) in [6, 6.07) is 1.68. The molecule has 1 aromatic rings. The fraction of sp³-hybridized carbons (Fsp3) is 0.636. The molecular weight excluding hydrogens is 192 g/mol. The maximum Gasteiger partial charge on any atom is 0.216 e. The maximum atomic E-state index is 9.99. The second kappa shape index (κ2) is 5.66. The van der Waals surface area contributed by atoms with Crippen LogP contribution in [0.3, 0.4) is 0 Å². The van der Waals surface area contributed by atoms with Crippen LogP contribution in [0.15, 0.2) is 12.4 Å². The van der Waals surface area contributed by atoms with E-state index in [-0.39, 0.29) is 5.92 Å². The first-order valence-corrected chi connectivity index (χ1v) is 5.23. The van der Waals surface area contributed by atoms with Crippen molar-refractivity contribution in [2.24, 2.45) is 5.92 Å². The summed E-state index contributed by atoms with van der Waals surface area (Å²) in [5.74, 6) is 0.692. The third-order valence-corrected chi connectivity index (χ3v) is 2.46. The molecule has 1 aromatic heterocycles. The molecule has 0 saturated heterocycles. The van der Waals surface area contributed by atoms with Crippen molar-refractivity contribution < 1.29 is 9.84 Å². The predicted octanol–water partition coefficient (Wildman–Crippen LogP) is 1.95. The second-order valence-corrected chi connectivity index (χ2v) is 3.70. The topological polar surface area (TPSA) is 55.2 Å². The number of rotatable bonds is 5. The lowest BCUT2D eigenvalue weighted by molar-refractivity contribution is 0.107. The van der Waals surface area contributed by atoms with E-state index in [2.05, 4.69) is 16.9 Å². The summed E-state index contributed by atoms with van der Waals surface area (Å²) in [5, 5.41) is 9.99. The minimum absolute atomic E-state index is 0.203. The monoisotopic (exact) mass is 210 g/mol. The average molecular weight is 210 g/mol. The molecule has 0 aliphatic carbocycles. The number of hydrogen-bond donors (Lipinski definition) is 1. The van der Waals surface area contributed by atoms with E-state index in [4.69, 9.17) is 4.74 Å². The van der Waals surface area contributed by atoms with Crippen molar-refractivity contribution >= 4 is 0 Å². The van der Waals surface area contributed by atoms with Crippen LogP contribution >= 0.6 is 0 Å². The number of aliphatic hydroxyl groups is 1. The van der Waals surface area contributed by atoms with Crippen LogP contribution in [0.1, 0.15) is 38.5 Å². The Morgan fingerprint density at radius 3 is 2.80 bits per heavy atom. The van der Waals surface area contributed by atoms with E-state index in [1.54, 1.807) is 13.2 Å². The molecule has 0 radical (unpaired) electrons. The zero-order chi connectivity index (χ0) is 11.3. The lowest BCUT2D eigenvalue weighted by Crippen LogP contribution is -2.11. The smallest absolute Gasteiger partial charge is 0.216 e. The Balaban J connectivity index is 2.76. The van der Waals surface area contributed by atoms with Gasteiger partial charge in [0.2, 0.25) is 5.88 Å². The number of methoxy groups -OCH3 is 1. The molecule has 0 aliphatic rings. The Kier molecular flexibility index (Phi) is 4.49. The Morgan fingerprint density at radius 2 is 2.20 bits per heavy atom. The molecule has 1 rings (SSSR count). The summed E-state index contributed by atoms with van der Waals surface area (Å²) in [6.45, 7) is 4.12. The van der Waals surface area contributed by atoms with Crippen LogP contribution in [0, 0.1) is 5.92 Å². The van der Waals surface area contributed by atoms with Gasteiger partial charge in [-0.15, -0.1) is 0 Å². The largest absolute Gasteiger partial charge is 0.481 e. The Morgan fingerprint density at radius 1 is 1.47 bits per heavy atom. The van der Waals surface area contributed by atoms with Gasteiger partial charge < -0.3 is 9.84 Å². The van der Waals surface area contributed by atoms with E-state index in [0.717, 1.165) is 12.8 Å². The standard InChI is InChI=1S/C11H18N2O2/c1-4-5-8(2)11(14)9-6-10(15-3)13-7-12-9/h6-8,11,14H,4-5H2,1-3H3. The number of nitrogens with zero attached hydrogens (tertiary/aromatic N) is 2. The summed E-state index contributed by atoms with van der Waals surface area (Å²) in [7, 11) is 1.55. The minimum Gasteiger partial charge on any atom is -0.481 e. The average Bonchev–Trinajstić information content (AvgIpc) is 2.28. The summed E-state index contributed by atoms with van der Waals surface area (Å²) < 4.78 is 4.98. The molecule has 1 heterocycles. The second-order valence-electron chi connectivity index (χ2n) is 3.70.